The van der Waals surface area contributed by atoms with Gasteiger partial charge in [-0.2, -0.15) is 10.1 Å². The molecule has 4 aromatic rings. The third kappa shape index (κ3) is 5.04. The van der Waals surface area contributed by atoms with Crippen LogP contribution in [0.2, 0.25) is 0 Å². The van der Waals surface area contributed by atoms with Crippen molar-refractivity contribution < 1.29 is 14.5 Å². The SMILES string of the molecule is CCOc1ccc(/C=N/N(C(=O)c2ccc([N+](=O)[O-])cc2)c2nc3ccc(C)cc3s2)cc1. The molecule has 0 saturated carbocycles. The van der Waals surface area contributed by atoms with Gasteiger partial charge in [0.15, 0.2) is 0 Å². The Morgan fingerprint density at radius 1 is 1.15 bits per heavy atom. The van der Waals surface area contributed by atoms with Crippen LogP contribution in [0.4, 0.5) is 10.8 Å². The molecule has 0 N–H and O–H groups in total. The molecule has 0 unspecified atom stereocenters. The third-order valence-corrected chi connectivity index (χ3v) is 5.74. The van der Waals surface area contributed by atoms with Crippen molar-refractivity contribution in [3.8, 4) is 5.75 Å². The molecule has 1 aromatic heterocycles. The maximum absolute atomic E-state index is 13.3. The van der Waals surface area contributed by atoms with Crippen LogP contribution in [0.5, 0.6) is 5.75 Å². The maximum Gasteiger partial charge on any atom is 0.280 e. The van der Waals surface area contributed by atoms with Crippen LogP contribution in [0.3, 0.4) is 0 Å². The molecule has 8 nitrogen and oxygen atoms in total. The number of hydrazone groups is 1. The van der Waals surface area contributed by atoms with E-state index in [9.17, 15) is 14.9 Å². The summed E-state index contributed by atoms with van der Waals surface area (Å²) in [5.41, 5.74) is 2.80. The number of nitro groups is 1. The van der Waals surface area contributed by atoms with Crippen LogP contribution >= 0.6 is 11.3 Å². The lowest BCUT2D eigenvalue weighted by molar-refractivity contribution is -0.384. The number of amides is 1. The summed E-state index contributed by atoms with van der Waals surface area (Å²) in [6, 6.07) is 18.6. The summed E-state index contributed by atoms with van der Waals surface area (Å²) < 4.78 is 6.39. The second-order valence-corrected chi connectivity index (χ2v) is 8.14. The molecular formula is C24H20N4O4S. The number of aryl methyl sites for hydroxylation is 1. The molecule has 0 aliphatic carbocycles. The number of rotatable bonds is 7. The molecule has 0 aliphatic rings. The van der Waals surface area contributed by atoms with Crippen molar-refractivity contribution in [3.63, 3.8) is 0 Å². The Morgan fingerprint density at radius 2 is 1.88 bits per heavy atom. The maximum atomic E-state index is 13.3. The predicted molar refractivity (Wildman–Crippen MR) is 129 cm³/mol. The van der Waals surface area contributed by atoms with Gasteiger partial charge >= 0.3 is 0 Å². The Bertz CT molecular complexity index is 1330. The van der Waals surface area contributed by atoms with Crippen molar-refractivity contribution in [1.29, 1.82) is 0 Å². The summed E-state index contributed by atoms with van der Waals surface area (Å²) in [6.07, 6.45) is 1.57. The van der Waals surface area contributed by atoms with E-state index in [0.717, 1.165) is 27.1 Å². The topological polar surface area (TPSA) is 97.9 Å². The van der Waals surface area contributed by atoms with E-state index in [0.29, 0.717) is 11.7 Å². The van der Waals surface area contributed by atoms with Crippen molar-refractivity contribution in [3.05, 3.63) is 93.5 Å². The minimum absolute atomic E-state index is 0.0912. The summed E-state index contributed by atoms with van der Waals surface area (Å²) in [5.74, 6) is 0.304. The van der Waals surface area contributed by atoms with Crippen LogP contribution in [-0.4, -0.2) is 28.6 Å². The molecular weight excluding hydrogens is 440 g/mol. The fourth-order valence-corrected chi connectivity index (χ4v) is 4.11. The van der Waals surface area contributed by atoms with Gasteiger partial charge in [0.05, 0.1) is 28.0 Å². The quantitative estimate of drug-likeness (QED) is 0.203. The minimum Gasteiger partial charge on any atom is -0.494 e. The Balaban J connectivity index is 1.70. The zero-order valence-electron chi connectivity index (χ0n) is 18.0. The zero-order valence-corrected chi connectivity index (χ0v) is 18.8. The lowest BCUT2D eigenvalue weighted by atomic mass is 10.2. The highest BCUT2D eigenvalue weighted by Gasteiger charge is 2.22. The molecule has 0 atom stereocenters. The van der Waals surface area contributed by atoms with Gasteiger partial charge in [-0.05, 0) is 73.5 Å². The molecule has 1 heterocycles. The number of fused-ring (bicyclic) bond motifs is 1. The highest BCUT2D eigenvalue weighted by atomic mass is 32.1. The lowest BCUT2D eigenvalue weighted by Crippen LogP contribution is -2.25. The number of hydrogen-bond acceptors (Lipinski definition) is 7. The lowest BCUT2D eigenvalue weighted by Gasteiger charge is -2.13. The van der Waals surface area contributed by atoms with Gasteiger partial charge in [-0.1, -0.05) is 17.4 Å². The number of benzene rings is 3. The molecule has 0 bridgehead atoms. The second kappa shape index (κ2) is 9.58. The van der Waals surface area contributed by atoms with Crippen molar-refractivity contribution in [2.24, 2.45) is 5.10 Å². The van der Waals surface area contributed by atoms with Gasteiger partial charge in [-0.15, -0.1) is 0 Å². The zero-order chi connectivity index (χ0) is 23.4. The van der Waals surface area contributed by atoms with Gasteiger partial charge < -0.3 is 4.74 Å². The first-order valence-corrected chi connectivity index (χ1v) is 11.0. The molecule has 4 rings (SSSR count). The van der Waals surface area contributed by atoms with E-state index in [1.807, 2.05) is 56.3 Å². The highest BCUT2D eigenvalue weighted by Crippen LogP contribution is 2.31. The molecule has 0 spiro atoms. The first-order chi connectivity index (χ1) is 15.9. The number of carbonyl (C=O) groups is 1. The predicted octanol–water partition coefficient (Wildman–Crippen LogP) is 5.59. The third-order valence-electron chi connectivity index (χ3n) is 4.74. The van der Waals surface area contributed by atoms with E-state index < -0.39 is 10.8 Å². The Labute approximate surface area is 193 Å². The van der Waals surface area contributed by atoms with E-state index >= 15 is 0 Å². The number of carbonyl (C=O) groups excluding carboxylic acids is 1. The molecule has 166 valence electrons. The van der Waals surface area contributed by atoms with E-state index in [1.54, 1.807) is 6.21 Å². The standard InChI is InChI=1S/C24H20N4O4S/c1-3-32-20-11-5-17(6-12-20)15-25-27(23(29)18-7-9-19(10-8-18)28(30)31)24-26-21-13-4-16(2)14-22(21)33-24/h4-15H,3H2,1-2H3/b25-15+. The number of nitro benzene ring substituents is 1. The summed E-state index contributed by atoms with van der Waals surface area (Å²) in [5, 5.41) is 17.0. The van der Waals surface area contributed by atoms with Crippen LogP contribution < -0.4 is 9.75 Å². The van der Waals surface area contributed by atoms with Crippen LogP contribution in [0.1, 0.15) is 28.4 Å². The van der Waals surface area contributed by atoms with Crippen molar-refractivity contribution in [2.45, 2.75) is 13.8 Å². The molecule has 1 amide bonds. The minimum atomic E-state index is -0.508. The van der Waals surface area contributed by atoms with E-state index in [4.69, 9.17) is 4.74 Å². The number of non-ortho nitro benzene ring substituents is 1. The smallest absolute Gasteiger partial charge is 0.280 e. The first kappa shape index (κ1) is 22.1. The molecule has 0 saturated heterocycles. The normalized spacial score (nSPS) is 11.1. The number of anilines is 1. The van der Waals surface area contributed by atoms with Gasteiger partial charge in [0.2, 0.25) is 5.13 Å². The fourth-order valence-electron chi connectivity index (χ4n) is 3.09. The summed E-state index contributed by atoms with van der Waals surface area (Å²) in [4.78, 5) is 28.3. The summed E-state index contributed by atoms with van der Waals surface area (Å²) >= 11 is 1.35. The molecule has 3 aromatic carbocycles. The van der Waals surface area contributed by atoms with Gasteiger partial charge in [-0.25, -0.2) is 4.98 Å². The number of aromatic nitrogens is 1. The molecule has 0 aliphatic heterocycles. The van der Waals surface area contributed by atoms with Crippen LogP contribution in [0.15, 0.2) is 71.8 Å². The van der Waals surface area contributed by atoms with Crippen LogP contribution in [0, 0.1) is 17.0 Å². The summed E-state index contributed by atoms with van der Waals surface area (Å²) in [6.45, 7) is 4.47. The number of thiazole rings is 1. The second-order valence-electron chi connectivity index (χ2n) is 7.14. The Kier molecular flexibility index (Phi) is 6.41. The number of nitrogens with zero attached hydrogens (tertiary/aromatic N) is 4. The fraction of sp³-hybridized carbons (Fsp3) is 0.125. The Hall–Kier alpha value is -4.11. The first-order valence-electron chi connectivity index (χ1n) is 10.2. The molecule has 9 heteroatoms. The van der Waals surface area contributed by atoms with Crippen molar-refractivity contribution in [2.75, 3.05) is 11.6 Å². The van der Waals surface area contributed by atoms with Gasteiger partial charge in [0.1, 0.15) is 5.75 Å². The van der Waals surface area contributed by atoms with Crippen molar-refractivity contribution in [1.82, 2.24) is 4.98 Å². The van der Waals surface area contributed by atoms with Crippen LogP contribution in [0.25, 0.3) is 10.2 Å². The average molecular weight is 461 g/mol. The van der Waals surface area contributed by atoms with Gasteiger partial charge in [0, 0.05) is 17.7 Å². The van der Waals surface area contributed by atoms with Gasteiger partial charge in [0.25, 0.3) is 11.6 Å². The summed E-state index contributed by atoms with van der Waals surface area (Å²) in [7, 11) is 0. The van der Waals surface area contributed by atoms with Crippen LogP contribution in [-0.2, 0) is 0 Å². The number of ether oxygens (including phenoxy) is 1. The van der Waals surface area contributed by atoms with E-state index in [1.165, 1.54) is 40.6 Å². The van der Waals surface area contributed by atoms with E-state index in [-0.39, 0.29) is 11.3 Å². The molecule has 0 fully saturated rings. The average Bonchev–Trinajstić information content (AvgIpc) is 3.23. The largest absolute Gasteiger partial charge is 0.494 e. The van der Waals surface area contributed by atoms with E-state index in [2.05, 4.69) is 10.1 Å². The monoisotopic (exact) mass is 460 g/mol. The highest BCUT2D eigenvalue weighted by molar-refractivity contribution is 7.22. The van der Waals surface area contributed by atoms with Crippen molar-refractivity contribution >= 4 is 44.5 Å². The molecule has 33 heavy (non-hydrogen) atoms. The number of hydrogen-bond donors (Lipinski definition) is 0. The van der Waals surface area contributed by atoms with Gasteiger partial charge in [-0.3, -0.25) is 14.9 Å². The molecule has 0 radical (unpaired) electrons. The Morgan fingerprint density at radius 3 is 2.55 bits per heavy atom.